The Morgan fingerprint density at radius 3 is 2.94 bits per heavy atom. The first kappa shape index (κ1) is 13.6. The smallest absolute Gasteiger partial charge is 0.0808 e. The topological polar surface area (TPSA) is 53.1 Å². The lowest BCUT2D eigenvalue weighted by molar-refractivity contribution is -0.0811. The van der Waals surface area contributed by atoms with Crippen LogP contribution in [-0.4, -0.2) is 28.0 Å². The fraction of sp³-hybridized carbons (Fsp3) is 0.786. The maximum atomic E-state index is 6.38. The van der Waals surface area contributed by atoms with E-state index < -0.39 is 0 Å². The maximum absolute atomic E-state index is 6.38. The van der Waals surface area contributed by atoms with Gasteiger partial charge in [-0.2, -0.15) is 5.10 Å². The molecule has 2 rings (SSSR count). The predicted octanol–water partition coefficient (Wildman–Crippen LogP) is 2.04. The Balaban J connectivity index is 2.07. The quantitative estimate of drug-likeness (QED) is 0.891. The van der Waals surface area contributed by atoms with Crippen LogP contribution in [0.3, 0.4) is 0 Å². The van der Waals surface area contributed by atoms with Crippen LogP contribution in [0, 0.1) is 6.92 Å². The lowest BCUT2D eigenvalue weighted by atomic mass is 9.86. The van der Waals surface area contributed by atoms with E-state index in [-0.39, 0.29) is 11.6 Å². The molecule has 2 atom stereocenters. The molecule has 4 heteroatoms. The summed E-state index contributed by atoms with van der Waals surface area (Å²) >= 11 is 0. The maximum Gasteiger partial charge on any atom is 0.0808 e. The number of rotatable bonds is 4. The second kappa shape index (κ2) is 5.41. The summed E-state index contributed by atoms with van der Waals surface area (Å²) in [5.41, 5.74) is 8.49. The Labute approximate surface area is 110 Å². The predicted molar refractivity (Wildman–Crippen MR) is 72.5 cm³/mol. The minimum Gasteiger partial charge on any atom is -0.374 e. The molecule has 2 heterocycles. The average Bonchev–Trinajstić information content (AvgIpc) is 2.70. The highest BCUT2D eigenvalue weighted by Gasteiger charge is 2.35. The first-order valence-corrected chi connectivity index (χ1v) is 6.98. The van der Waals surface area contributed by atoms with Gasteiger partial charge in [0.25, 0.3) is 0 Å². The zero-order valence-electron chi connectivity index (χ0n) is 11.8. The highest BCUT2D eigenvalue weighted by atomic mass is 16.5. The molecule has 0 saturated carbocycles. The van der Waals surface area contributed by atoms with Crippen LogP contribution in [-0.2, 0) is 17.7 Å². The van der Waals surface area contributed by atoms with Crippen LogP contribution >= 0.6 is 0 Å². The van der Waals surface area contributed by atoms with Crippen molar-refractivity contribution in [3.05, 3.63) is 17.5 Å². The molecule has 102 valence electrons. The molecule has 0 aliphatic carbocycles. The van der Waals surface area contributed by atoms with Crippen LogP contribution < -0.4 is 5.73 Å². The summed E-state index contributed by atoms with van der Waals surface area (Å²) in [4.78, 5) is 0. The molecule has 18 heavy (non-hydrogen) atoms. The molecule has 1 fully saturated rings. The van der Waals surface area contributed by atoms with Crippen molar-refractivity contribution in [1.82, 2.24) is 9.78 Å². The van der Waals surface area contributed by atoms with Crippen molar-refractivity contribution in [2.24, 2.45) is 5.73 Å². The molecule has 1 aliphatic rings. The van der Waals surface area contributed by atoms with E-state index in [4.69, 9.17) is 10.5 Å². The van der Waals surface area contributed by atoms with E-state index in [0.717, 1.165) is 38.1 Å². The minimum absolute atomic E-state index is 0.0409. The molecule has 1 aliphatic heterocycles. The summed E-state index contributed by atoms with van der Waals surface area (Å²) in [5.74, 6) is 0. The van der Waals surface area contributed by atoms with E-state index in [2.05, 4.69) is 25.0 Å². The Morgan fingerprint density at radius 2 is 2.33 bits per heavy atom. The largest absolute Gasteiger partial charge is 0.374 e. The van der Waals surface area contributed by atoms with Crippen LogP contribution in [0.1, 0.15) is 44.5 Å². The van der Waals surface area contributed by atoms with Crippen LogP contribution in [0.15, 0.2) is 6.07 Å². The molecule has 0 bridgehead atoms. The Bertz CT molecular complexity index is 394. The lowest BCUT2D eigenvalue weighted by Crippen LogP contribution is -2.51. The van der Waals surface area contributed by atoms with Crippen LogP contribution in [0.5, 0.6) is 0 Å². The first-order valence-electron chi connectivity index (χ1n) is 6.98. The average molecular weight is 251 g/mol. The molecule has 0 aromatic carbocycles. The fourth-order valence-electron chi connectivity index (χ4n) is 2.73. The number of aromatic nitrogens is 2. The van der Waals surface area contributed by atoms with Crippen LogP contribution in [0.4, 0.5) is 0 Å². The van der Waals surface area contributed by atoms with Crippen molar-refractivity contribution in [2.45, 2.75) is 64.6 Å². The van der Waals surface area contributed by atoms with Gasteiger partial charge in [0.1, 0.15) is 0 Å². The number of ether oxygens (including phenoxy) is 1. The van der Waals surface area contributed by atoms with Gasteiger partial charge in [-0.15, -0.1) is 0 Å². The number of nitrogens with zero attached hydrogens (tertiary/aromatic N) is 2. The van der Waals surface area contributed by atoms with Crippen LogP contribution in [0.2, 0.25) is 0 Å². The van der Waals surface area contributed by atoms with Crippen molar-refractivity contribution < 1.29 is 4.74 Å². The van der Waals surface area contributed by atoms with Crippen molar-refractivity contribution in [2.75, 3.05) is 6.61 Å². The molecule has 0 spiro atoms. The molecule has 1 aromatic heterocycles. The normalized spacial score (nSPS) is 26.2. The van der Waals surface area contributed by atoms with Gasteiger partial charge in [0.05, 0.1) is 11.3 Å². The van der Waals surface area contributed by atoms with Gasteiger partial charge in [-0.05, 0) is 46.1 Å². The third-order valence-corrected chi connectivity index (χ3v) is 4.00. The zero-order valence-corrected chi connectivity index (χ0v) is 11.8. The molecule has 2 unspecified atom stereocenters. The zero-order chi connectivity index (χ0) is 13.2. The van der Waals surface area contributed by atoms with Gasteiger partial charge in [0.2, 0.25) is 0 Å². The Kier molecular flexibility index (Phi) is 4.07. The van der Waals surface area contributed by atoms with Gasteiger partial charge < -0.3 is 10.5 Å². The van der Waals surface area contributed by atoms with E-state index in [1.807, 2.05) is 11.6 Å². The third-order valence-electron chi connectivity index (χ3n) is 4.00. The summed E-state index contributed by atoms with van der Waals surface area (Å²) in [7, 11) is 0. The summed E-state index contributed by atoms with van der Waals surface area (Å²) in [5, 5.41) is 4.47. The summed E-state index contributed by atoms with van der Waals surface area (Å²) in [6, 6.07) is 2.18. The van der Waals surface area contributed by atoms with Gasteiger partial charge in [0, 0.05) is 31.3 Å². The molecule has 2 N–H and O–H groups in total. The van der Waals surface area contributed by atoms with E-state index in [9.17, 15) is 0 Å². The molecular weight excluding hydrogens is 226 g/mol. The Morgan fingerprint density at radius 1 is 1.56 bits per heavy atom. The van der Waals surface area contributed by atoms with Gasteiger partial charge in [-0.25, -0.2) is 0 Å². The van der Waals surface area contributed by atoms with Crippen LogP contribution in [0.25, 0.3) is 0 Å². The molecule has 4 nitrogen and oxygen atoms in total. The molecule has 1 aromatic rings. The highest BCUT2D eigenvalue weighted by Crippen LogP contribution is 2.28. The van der Waals surface area contributed by atoms with Gasteiger partial charge in [0.15, 0.2) is 0 Å². The van der Waals surface area contributed by atoms with E-state index in [1.165, 1.54) is 12.1 Å². The van der Waals surface area contributed by atoms with E-state index >= 15 is 0 Å². The minimum atomic E-state index is -0.172. The fourth-order valence-corrected chi connectivity index (χ4v) is 2.73. The number of aryl methyl sites for hydroxylation is 2. The molecule has 0 radical (unpaired) electrons. The summed E-state index contributed by atoms with van der Waals surface area (Å²) in [6.07, 6.45) is 4.28. The third kappa shape index (κ3) is 2.75. The van der Waals surface area contributed by atoms with E-state index in [1.54, 1.807) is 0 Å². The lowest BCUT2D eigenvalue weighted by Gasteiger charge is -2.38. The van der Waals surface area contributed by atoms with Gasteiger partial charge in [-0.1, -0.05) is 0 Å². The first-order chi connectivity index (χ1) is 8.55. The van der Waals surface area contributed by atoms with Crippen molar-refractivity contribution in [3.63, 3.8) is 0 Å². The Hall–Kier alpha value is -0.870. The van der Waals surface area contributed by atoms with Crippen molar-refractivity contribution >= 4 is 0 Å². The SMILES string of the molecule is CCn1nc(C)cc1CC(N)C1(C)CCCCO1. The number of hydrogen-bond acceptors (Lipinski definition) is 3. The number of hydrogen-bond donors (Lipinski definition) is 1. The van der Waals surface area contributed by atoms with E-state index in [0.29, 0.717) is 0 Å². The van der Waals surface area contributed by atoms with Gasteiger partial charge >= 0.3 is 0 Å². The summed E-state index contributed by atoms with van der Waals surface area (Å²) < 4.78 is 7.97. The van der Waals surface area contributed by atoms with Crippen molar-refractivity contribution in [1.29, 1.82) is 0 Å². The van der Waals surface area contributed by atoms with Crippen molar-refractivity contribution in [3.8, 4) is 0 Å². The summed E-state index contributed by atoms with van der Waals surface area (Å²) in [6.45, 7) is 8.03. The second-order valence-corrected chi connectivity index (χ2v) is 5.52. The molecule has 0 amide bonds. The molecular formula is C14H25N3O. The highest BCUT2D eigenvalue weighted by molar-refractivity contribution is 5.12. The van der Waals surface area contributed by atoms with Gasteiger partial charge in [-0.3, -0.25) is 4.68 Å². The standard InChI is InChI=1S/C14H25N3O/c1-4-17-12(9-11(2)16-17)10-13(15)14(3)7-5-6-8-18-14/h9,13H,4-8,10,15H2,1-3H3. The molecule has 1 saturated heterocycles. The number of nitrogens with two attached hydrogens (primary N) is 1. The monoisotopic (exact) mass is 251 g/mol. The second-order valence-electron chi connectivity index (χ2n) is 5.52.